The third-order valence-electron chi connectivity index (χ3n) is 5.63. The van der Waals surface area contributed by atoms with Gasteiger partial charge in [0.2, 0.25) is 11.8 Å². The van der Waals surface area contributed by atoms with Crippen LogP contribution >= 0.6 is 0 Å². The number of carbonyl (C=O) groups is 2. The number of benzene rings is 1. The van der Waals surface area contributed by atoms with Crippen molar-refractivity contribution in [3.05, 3.63) is 29.8 Å². The van der Waals surface area contributed by atoms with Crippen molar-refractivity contribution in [1.29, 1.82) is 5.26 Å². The Morgan fingerprint density at radius 3 is 2.86 bits per heavy atom. The Kier molecular flexibility index (Phi) is 7.01. The van der Waals surface area contributed by atoms with Gasteiger partial charge in [0.15, 0.2) is 0 Å². The van der Waals surface area contributed by atoms with Crippen molar-refractivity contribution in [2.45, 2.75) is 50.7 Å². The summed E-state index contributed by atoms with van der Waals surface area (Å²) in [7, 11) is 0. The molecule has 2 N–H and O–H groups in total. The highest BCUT2D eigenvalue weighted by atomic mass is 16.5. The van der Waals surface area contributed by atoms with Crippen molar-refractivity contribution in [1.82, 2.24) is 4.90 Å². The summed E-state index contributed by atoms with van der Waals surface area (Å²) < 4.78 is 5.56. The van der Waals surface area contributed by atoms with E-state index in [-0.39, 0.29) is 42.7 Å². The van der Waals surface area contributed by atoms with E-state index < -0.39 is 0 Å². The van der Waals surface area contributed by atoms with Crippen LogP contribution < -0.4 is 5.32 Å². The Balaban J connectivity index is 1.49. The lowest BCUT2D eigenvalue weighted by Gasteiger charge is -2.40. The summed E-state index contributed by atoms with van der Waals surface area (Å²) in [6.45, 7) is 1.52. The summed E-state index contributed by atoms with van der Waals surface area (Å²) in [6.07, 6.45) is 3.26. The summed E-state index contributed by atoms with van der Waals surface area (Å²) in [5.74, 6) is -0.118. The molecule has 2 amide bonds. The van der Waals surface area contributed by atoms with Gasteiger partial charge in [-0.1, -0.05) is 18.6 Å². The first-order valence-electron chi connectivity index (χ1n) is 9.94. The number of morpholine rings is 1. The minimum atomic E-state index is -0.368. The Morgan fingerprint density at radius 1 is 1.29 bits per heavy atom. The van der Waals surface area contributed by atoms with E-state index >= 15 is 0 Å². The van der Waals surface area contributed by atoms with Crippen LogP contribution in [-0.4, -0.2) is 53.7 Å². The number of para-hydroxylation sites is 1. The number of anilines is 1. The third-order valence-corrected chi connectivity index (χ3v) is 5.63. The average Bonchev–Trinajstić information content (AvgIpc) is 3.14. The van der Waals surface area contributed by atoms with Gasteiger partial charge in [-0.2, -0.15) is 5.26 Å². The number of carbonyl (C=O) groups excluding carboxylic acids is 2. The number of nitriles is 1. The molecule has 0 radical (unpaired) electrons. The number of amides is 2. The van der Waals surface area contributed by atoms with Crippen LogP contribution in [0.4, 0.5) is 5.69 Å². The fraction of sp³-hybridized carbons (Fsp3) is 0.571. The molecule has 0 spiro atoms. The van der Waals surface area contributed by atoms with Crippen LogP contribution in [0.5, 0.6) is 0 Å². The monoisotopic (exact) mass is 385 g/mol. The van der Waals surface area contributed by atoms with Gasteiger partial charge in [0.05, 0.1) is 36.6 Å². The number of hydrogen-bond acceptors (Lipinski definition) is 5. The number of ether oxygens (including phenoxy) is 1. The van der Waals surface area contributed by atoms with Gasteiger partial charge in [-0.05, 0) is 31.4 Å². The number of rotatable bonds is 6. The summed E-state index contributed by atoms with van der Waals surface area (Å²) in [5.41, 5.74) is 0.906. The standard InChI is InChI=1S/C21H27N3O4/c22-13-15-5-1-2-7-17(15)23-20(26)9-4-10-21(27)24-11-12-28-14-18(24)16-6-3-8-19(16)25/h1-2,5,7,16,18-19,25H,3-4,6,8-12,14H2,(H,23,26). The minimum Gasteiger partial charge on any atom is -0.393 e. The van der Waals surface area contributed by atoms with Crippen LogP contribution in [-0.2, 0) is 14.3 Å². The van der Waals surface area contributed by atoms with Crippen molar-refractivity contribution in [3.8, 4) is 6.07 Å². The molecular formula is C21H27N3O4. The molecule has 1 aromatic carbocycles. The van der Waals surface area contributed by atoms with E-state index in [0.29, 0.717) is 37.4 Å². The van der Waals surface area contributed by atoms with Crippen LogP contribution in [0.25, 0.3) is 0 Å². The smallest absolute Gasteiger partial charge is 0.224 e. The highest BCUT2D eigenvalue weighted by Crippen LogP contribution is 2.32. The van der Waals surface area contributed by atoms with Gasteiger partial charge in [0.1, 0.15) is 6.07 Å². The third kappa shape index (κ3) is 4.89. The van der Waals surface area contributed by atoms with Crippen molar-refractivity contribution in [2.75, 3.05) is 25.1 Å². The van der Waals surface area contributed by atoms with Crippen LogP contribution in [0.3, 0.4) is 0 Å². The molecule has 3 rings (SSSR count). The SMILES string of the molecule is N#Cc1ccccc1NC(=O)CCCC(=O)N1CCOCC1C1CCCC1O. The second kappa shape index (κ2) is 9.67. The molecule has 7 heteroatoms. The summed E-state index contributed by atoms with van der Waals surface area (Å²) in [6, 6.07) is 8.81. The molecule has 0 aromatic heterocycles. The van der Waals surface area contributed by atoms with Crippen molar-refractivity contribution < 1.29 is 19.4 Å². The second-order valence-corrected chi connectivity index (χ2v) is 7.45. The molecule has 1 heterocycles. The van der Waals surface area contributed by atoms with Gasteiger partial charge in [-0.25, -0.2) is 0 Å². The van der Waals surface area contributed by atoms with Crippen LogP contribution in [0, 0.1) is 17.2 Å². The summed E-state index contributed by atoms with van der Waals surface area (Å²) in [4.78, 5) is 26.7. The summed E-state index contributed by atoms with van der Waals surface area (Å²) in [5, 5.41) is 22.0. The molecule has 0 bridgehead atoms. The van der Waals surface area contributed by atoms with Gasteiger partial charge in [-0.3, -0.25) is 9.59 Å². The van der Waals surface area contributed by atoms with E-state index in [2.05, 4.69) is 5.32 Å². The van der Waals surface area contributed by atoms with Crippen LogP contribution in [0.1, 0.15) is 44.1 Å². The van der Waals surface area contributed by atoms with Crippen molar-refractivity contribution in [2.24, 2.45) is 5.92 Å². The zero-order valence-corrected chi connectivity index (χ0v) is 16.0. The molecule has 28 heavy (non-hydrogen) atoms. The zero-order chi connectivity index (χ0) is 19.9. The minimum absolute atomic E-state index is 0.0117. The molecule has 3 unspecified atom stereocenters. The topological polar surface area (TPSA) is 103 Å². The van der Waals surface area contributed by atoms with Gasteiger partial charge in [-0.15, -0.1) is 0 Å². The van der Waals surface area contributed by atoms with E-state index in [1.165, 1.54) is 0 Å². The molecule has 1 saturated heterocycles. The molecule has 1 aliphatic carbocycles. The Bertz CT molecular complexity index is 745. The van der Waals surface area contributed by atoms with Crippen molar-refractivity contribution in [3.63, 3.8) is 0 Å². The Hall–Kier alpha value is -2.43. The number of nitrogens with zero attached hydrogens (tertiary/aromatic N) is 2. The Labute approximate surface area is 165 Å². The zero-order valence-electron chi connectivity index (χ0n) is 16.0. The molecule has 2 fully saturated rings. The lowest BCUT2D eigenvalue weighted by Crippen LogP contribution is -2.53. The quantitative estimate of drug-likeness (QED) is 0.780. The lowest BCUT2D eigenvalue weighted by atomic mass is 9.94. The number of hydrogen-bond donors (Lipinski definition) is 2. The van der Waals surface area contributed by atoms with Crippen LogP contribution in [0.15, 0.2) is 24.3 Å². The number of nitrogens with one attached hydrogen (secondary N) is 1. The fourth-order valence-corrected chi connectivity index (χ4v) is 4.15. The molecule has 1 aromatic rings. The van der Waals surface area contributed by atoms with Gasteiger partial charge in [0, 0.05) is 25.3 Å². The van der Waals surface area contributed by atoms with Crippen molar-refractivity contribution >= 4 is 17.5 Å². The molecule has 3 atom stereocenters. The lowest BCUT2D eigenvalue weighted by molar-refractivity contribution is -0.144. The predicted octanol–water partition coefficient (Wildman–Crippen LogP) is 2.06. The number of aliphatic hydroxyl groups excluding tert-OH is 1. The first kappa shape index (κ1) is 20.3. The highest BCUT2D eigenvalue weighted by Gasteiger charge is 2.39. The first-order valence-corrected chi connectivity index (χ1v) is 9.94. The molecule has 150 valence electrons. The molecule has 7 nitrogen and oxygen atoms in total. The fourth-order valence-electron chi connectivity index (χ4n) is 4.15. The van der Waals surface area contributed by atoms with E-state index in [0.717, 1.165) is 19.3 Å². The Morgan fingerprint density at radius 2 is 2.11 bits per heavy atom. The van der Waals surface area contributed by atoms with E-state index in [4.69, 9.17) is 10.00 Å². The van der Waals surface area contributed by atoms with Gasteiger partial charge >= 0.3 is 0 Å². The maximum atomic E-state index is 12.7. The van der Waals surface area contributed by atoms with E-state index in [1.807, 2.05) is 11.0 Å². The average molecular weight is 385 g/mol. The first-order chi connectivity index (χ1) is 13.6. The maximum Gasteiger partial charge on any atom is 0.224 e. The second-order valence-electron chi connectivity index (χ2n) is 7.45. The predicted molar refractivity (Wildman–Crippen MR) is 103 cm³/mol. The molecular weight excluding hydrogens is 358 g/mol. The largest absolute Gasteiger partial charge is 0.393 e. The molecule has 1 saturated carbocycles. The van der Waals surface area contributed by atoms with Gasteiger partial charge < -0.3 is 20.1 Å². The maximum absolute atomic E-state index is 12.7. The molecule has 2 aliphatic rings. The normalized spacial score (nSPS) is 24.6. The van der Waals surface area contributed by atoms with Gasteiger partial charge in [0.25, 0.3) is 0 Å². The molecule has 1 aliphatic heterocycles. The highest BCUT2D eigenvalue weighted by molar-refractivity contribution is 5.92. The number of aliphatic hydroxyl groups is 1. The van der Waals surface area contributed by atoms with E-state index in [1.54, 1.807) is 24.3 Å². The summed E-state index contributed by atoms with van der Waals surface area (Å²) >= 11 is 0. The van der Waals surface area contributed by atoms with Crippen LogP contribution in [0.2, 0.25) is 0 Å². The van der Waals surface area contributed by atoms with E-state index in [9.17, 15) is 14.7 Å².